The highest BCUT2D eigenvalue weighted by Crippen LogP contribution is 2.42. The molecule has 1 aliphatic rings. The number of hydrogen-bond donors (Lipinski definition) is 1. The van der Waals surface area contributed by atoms with E-state index >= 15 is 0 Å². The molecule has 1 unspecified atom stereocenters. The van der Waals surface area contributed by atoms with Crippen molar-refractivity contribution in [3.63, 3.8) is 0 Å². The van der Waals surface area contributed by atoms with E-state index in [0.717, 1.165) is 25.9 Å². The number of aliphatic hydroxyl groups excluding tert-OH is 1. The zero-order valence-corrected chi connectivity index (χ0v) is 12.2. The Morgan fingerprint density at radius 1 is 1.68 bits per heavy atom. The predicted octanol–water partition coefficient (Wildman–Crippen LogP) is 3.34. The monoisotopic (exact) mass is 284 g/mol. The summed E-state index contributed by atoms with van der Waals surface area (Å²) >= 11 is 1.35. The van der Waals surface area contributed by atoms with Crippen LogP contribution in [-0.2, 0) is 0 Å². The first kappa shape index (κ1) is 14.3. The number of aliphatic hydroxyl groups is 1. The normalized spacial score (nSPS) is 20.8. The lowest BCUT2D eigenvalue weighted by Gasteiger charge is -2.15. The first-order valence-corrected chi connectivity index (χ1v) is 7.55. The number of hydrogen-bond acceptors (Lipinski definition) is 5. The van der Waals surface area contributed by atoms with Crippen LogP contribution in [0.3, 0.4) is 0 Å². The standard InChI is InChI=1S/C13H20N2O3S/c1-3-4-10-5-6-14(8-10)13-11(15(17)18)7-12(19-13)9(2)16/h7,9-10,16H,3-6,8H2,1-2H3/t9-,10?/m1/s1. The number of rotatable bonds is 5. The van der Waals surface area contributed by atoms with Gasteiger partial charge in [-0.05, 0) is 25.7 Å². The Bertz CT molecular complexity index is 459. The summed E-state index contributed by atoms with van der Waals surface area (Å²) in [7, 11) is 0. The smallest absolute Gasteiger partial charge is 0.304 e. The number of thiophene rings is 1. The minimum Gasteiger partial charge on any atom is -0.388 e. The molecule has 1 N–H and O–H groups in total. The molecule has 0 aromatic carbocycles. The Hall–Kier alpha value is -1.14. The van der Waals surface area contributed by atoms with Gasteiger partial charge in [0.05, 0.1) is 11.0 Å². The van der Waals surface area contributed by atoms with Crippen LogP contribution in [0.15, 0.2) is 6.07 Å². The third kappa shape index (κ3) is 3.06. The van der Waals surface area contributed by atoms with E-state index < -0.39 is 6.10 Å². The molecule has 0 bridgehead atoms. The quantitative estimate of drug-likeness (QED) is 0.665. The molecule has 1 aromatic rings. The lowest BCUT2D eigenvalue weighted by molar-refractivity contribution is -0.383. The van der Waals surface area contributed by atoms with Crippen molar-refractivity contribution in [1.82, 2.24) is 0 Å². The van der Waals surface area contributed by atoms with Gasteiger partial charge < -0.3 is 10.0 Å². The Morgan fingerprint density at radius 2 is 2.42 bits per heavy atom. The summed E-state index contributed by atoms with van der Waals surface area (Å²) in [6.45, 7) is 5.59. The van der Waals surface area contributed by atoms with E-state index in [9.17, 15) is 15.2 Å². The Kier molecular flexibility index (Phi) is 4.42. The molecular weight excluding hydrogens is 264 g/mol. The molecule has 0 spiro atoms. The molecular formula is C13H20N2O3S. The molecule has 1 saturated heterocycles. The van der Waals surface area contributed by atoms with Crippen LogP contribution in [-0.4, -0.2) is 23.1 Å². The van der Waals surface area contributed by atoms with Crippen LogP contribution in [0, 0.1) is 16.0 Å². The van der Waals surface area contributed by atoms with Crippen LogP contribution in [0.2, 0.25) is 0 Å². The highest BCUT2D eigenvalue weighted by Gasteiger charge is 2.30. The van der Waals surface area contributed by atoms with Crippen LogP contribution < -0.4 is 4.90 Å². The second-order valence-corrected chi connectivity index (χ2v) is 6.22. The minimum absolute atomic E-state index is 0.137. The maximum Gasteiger partial charge on any atom is 0.304 e. The van der Waals surface area contributed by atoms with Gasteiger partial charge in [0.1, 0.15) is 0 Å². The van der Waals surface area contributed by atoms with Gasteiger partial charge in [0.15, 0.2) is 5.00 Å². The molecule has 0 aliphatic carbocycles. The summed E-state index contributed by atoms with van der Waals surface area (Å²) in [5.41, 5.74) is 0.137. The fraction of sp³-hybridized carbons (Fsp3) is 0.692. The van der Waals surface area contributed by atoms with E-state index in [4.69, 9.17) is 0 Å². The molecule has 1 aromatic heterocycles. The molecule has 1 fully saturated rings. The van der Waals surface area contributed by atoms with Crippen molar-refractivity contribution in [2.45, 2.75) is 39.2 Å². The van der Waals surface area contributed by atoms with Gasteiger partial charge in [0.2, 0.25) is 0 Å². The van der Waals surface area contributed by atoms with E-state index in [0.29, 0.717) is 15.8 Å². The highest BCUT2D eigenvalue weighted by atomic mass is 32.1. The average molecular weight is 284 g/mol. The summed E-state index contributed by atoms with van der Waals surface area (Å²) < 4.78 is 0. The van der Waals surface area contributed by atoms with Crippen LogP contribution >= 0.6 is 11.3 Å². The Balaban J connectivity index is 2.21. The van der Waals surface area contributed by atoms with Crippen molar-refractivity contribution in [1.29, 1.82) is 0 Å². The molecule has 2 atom stereocenters. The molecule has 2 rings (SSSR count). The molecule has 1 aliphatic heterocycles. The van der Waals surface area contributed by atoms with Crippen LogP contribution in [0.4, 0.5) is 10.7 Å². The highest BCUT2D eigenvalue weighted by molar-refractivity contribution is 7.16. The van der Waals surface area contributed by atoms with E-state index in [-0.39, 0.29) is 10.6 Å². The SMILES string of the molecule is CCCC1CCN(c2sc([C@@H](C)O)cc2[N+](=O)[O-])C1. The number of anilines is 1. The summed E-state index contributed by atoms with van der Waals surface area (Å²) in [5, 5.41) is 21.4. The molecule has 106 valence electrons. The Labute approximate surface area is 117 Å². The first-order chi connectivity index (χ1) is 9.02. The van der Waals surface area contributed by atoms with Gasteiger partial charge in [0, 0.05) is 24.0 Å². The fourth-order valence-electron chi connectivity index (χ4n) is 2.61. The summed E-state index contributed by atoms with van der Waals surface area (Å²) in [6, 6.07) is 1.51. The summed E-state index contributed by atoms with van der Waals surface area (Å²) in [5.74, 6) is 0.640. The van der Waals surface area contributed by atoms with Gasteiger partial charge >= 0.3 is 5.69 Å². The van der Waals surface area contributed by atoms with Gasteiger partial charge in [-0.25, -0.2) is 0 Å². The summed E-state index contributed by atoms with van der Waals surface area (Å²) in [4.78, 5) is 13.6. The van der Waals surface area contributed by atoms with Crippen LogP contribution in [0.25, 0.3) is 0 Å². The topological polar surface area (TPSA) is 66.6 Å². The molecule has 6 heteroatoms. The zero-order valence-electron chi connectivity index (χ0n) is 11.3. The lowest BCUT2D eigenvalue weighted by Crippen LogP contribution is -2.19. The second kappa shape index (κ2) is 5.88. The molecule has 5 nitrogen and oxygen atoms in total. The van der Waals surface area contributed by atoms with Crippen molar-refractivity contribution in [3.8, 4) is 0 Å². The zero-order chi connectivity index (χ0) is 14.0. The van der Waals surface area contributed by atoms with Gasteiger partial charge in [-0.15, -0.1) is 11.3 Å². The van der Waals surface area contributed by atoms with Crippen molar-refractivity contribution in [2.75, 3.05) is 18.0 Å². The van der Waals surface area contributed by atoms with Gasteiger partial charge in [0.25, 0.3) is 0 Å². The van der Waals surface area contributed by atoms with E-state index in [1.807, 2.05) is 0 Å². The second-order valence-electron chi connectivity index (χ2n) is 5.16. The predicted molar refractivity (Wildman–Crippen MR) is 76.8 cm³/mol. The third-order valence-electron chi connectivity index (χ3n) is 3.59. The van der Waals surface area contributed by atoms with Crippen LogP contribution in [0.1, 0.15) is 44.1 Å². The van der Waals surface area contributed by atoms with Gasteiger partial charge in [-0.3, -0.25) is 10.1 Å². The summed E-state index contributed by atoms with van der Waals surface area (Å²) in [6.07, 6.45) is 2.79. The van der Waals surface area contributed by atoms with E-state index in [1.54, 1.807) is 6.92 Å². The maximum atomic E-state index is 11.1. The first-order valence-electron chi connectivity index (χ1n) is 6.74. The minimum atomic E-state index is -0.647. The molecule has 0 saturated carbocycles. The maximum absolute atomic E-state index is 11.1. The van der Waals surface area contributed by atoms with E-state index in [2.05, 4.69) is 11.8 Å². The van der Waals surface area contributed by atoms with Crippen molar-refractivity contribution in [3.05, 3.63) is 21.1 Å². The molecule has 0 amide bonds. The van der Waals surface area contributed by atoms with Gasteiger partial charge in [-0.1, -0.05) is 13.3 Å². The third-order valence-corrected chi connectivity index (χ3v) is 4.95. The molecule has 19 heavy (non-hydrogen) atoms. The number of nitro groups is 1. The lowest BCUT2D eigenvalue weighted by atomic mass is 10.0. The van der Waals surface area contributed by atoms with Crippen molar-refractivity contribution >= 4 is 22.0 Å². The largest absolute Gasteiger partial charge is 0.388 e. The average Bonchev–Trinajstić information content (AvgIpc) is 2.94. The Morgan fingerprint density at radius 3 is 3.00 bits per heavy atom. The van der Waals surface area contributed by atoms with Gasteiger partial charge in [-0.2, -0.15) is 0 Å². The number of nitrogens with zero attached hydrogens (tertiary/aromatic N) is 2. The molecule has 0 radical (unpaired) electrons. The van der Waals surface area contributed by atoms with Crippen molar-refractivity contribution < 1.29 is 10.0 Å². The van der Waals surface area contributed by atoms with Crippen LogP contribution in [0.5, 0.6) is 0 Å². The molecule has 2 heterocycles. The van der Waals surface area contributed by atoms with Crippen molar-refractivity contribution in [2.24, 2.45) is 5.92 Å². The fourth-order valence-corrected chi connectivity index (χ4v) is 3.71. The van der Waals surface area contributed by atoms with E-state index in [1.165, 1.54) is 23.8 Å².